The zero-order valence-corrected chi connectivity index (χ0v) is 24.3. The van der Waals surface area contributed by atoms with Gasteiger partial charge in [0.1, 0.15) is 17.1 Å². The fourth-order valence-corrected chi connectivity index (χ4v) is 5.15. The molecular formula is C28H23Br2N3O6. The van der Waals surface area contributed by atoms with E-state index >= 15 is 0 Å². The van der Waals surface area contributed by atoms with Gasteiger partial charge in [-0.1, -0.05) is 22.0 Å². The van der Waals surface area contributed by atoms with Gasteiger partial charge in [-0.05, 0) is 95.5 Å². The maximum Gasteiger partial charge on any atom is 0.335 e. The van der Waals surface area contributed by atoms with E-state index in [0.29, 0.717) is 25.9 Å². The average molecular weight is 657 g/mol. The number of amides is 5. The van der Waals surface area contributed by atoms with Crippen LogP contribution in [0, 0.1) is 13.8 Å². The van der Waals surface area contributed by atoms with Gasteiger partial charge in [0.25, 0.3) is 17.7 Å². The Balaban J connectivity index is 1.61. The smallest absolute Gasteiger partial charge is 0.335 e. The molecule has 1 heterocycles. The molecule has 3 aromatic rings. The van der Waals surface area contributed by atoms with Crippen LogP contribution in [0.1, 0.15) is 16.7 Å². The lowest BCUT2D eigenvalue weighted by molar-refractivity contribution is -0.122. The lowest BCUT2D eigenvalue weighted by atomic mass is 10.1. The van der Waals surface area contributed by atoms with E-state index in [0.717, 1.165) is 16.0 Å². The molecule has 0 aliphatic carbocycles. The summed E-state index contributed by atoms with van der Waals surface area (Å²) < 4.78 is 12.1. The van der Waals surface area contributed by atoms with Crippen LogP contribution in [0.4, 0.5) is 16.2 Å². The molecule has 1 fully saturated rings. The SMILES string of the molecule is COc1ccc(N2C(=O)NC(=O)/C(=C\c3cc(Br)cc(Br)c3OCC(=O)Nc3ccc(C)c(C)c3)C2=O)cc1. The number of nitrogens with one attached hydrogen (secondary N) is 2. The summed E-state index contributed by atoms with van der Waals surface area (Å²) in [7, 11) is 1.50. The van der Waals surface area contributed by atoms with Gasteiger partial charge in [0.2, 0.25) is 0 Å². The number of barbiturate groups is 1. The monoisotopic (exact) mass is 655 g/mol. The third-order valence-corrected chi connectivity index (χ3v) is 6.95. The highest BCUT2D eigenvalue weighted by Crippen LogP contribution is 2.35. The van der Waals surface area contributed by atoms with Gasteiger partial charge in [-0.3, -0.25) is 19.7 Å². The Morgan fingerprint density at radius 2 is 1.72 bits per heavy atom. The molecule has 0 saturated carbocycles. The standard InChI is InChI=1S/C28H23Br2N3O6/c1-15-4-5-19(10-16(15)2)31-24(34)14-39-25-17(11-18(29)13-23(25)30)12-22-26(35)32-28(37)33(27(22)36)20-6-8-21(38-3)9-7-20/h4-13H,14H2,1-3H3,(H,31,34)(H,32,35,37)/b22-12+. The third-order valence-electron chi connectivity index (χ3n) is 5.91. The van der Waals surface area contributed by atoms with Crippen molar-refractivity contribution < 1.29 is 28.7 Å². The molecular weight excluding hydrogens is 634 g/mol. The van der Waals surface area contributed by atoms with Crippen molar-refractivity contribution >= 4 is 73.1 Å². The third kappa shape index (κ3) is 6.37. The molecule has 0 unspecified atom stereocenters. The summed E-state index contributed by atoms with van der Waals surface area (Å²) in [5.74, 6) is -1.30. The topological polar surface area (TPSA) is 114 Å². The fraction of sp³-hybridized carbons (Fsp3) is 0.143. The number of halogens is 2. The highest BCUT2D eigenvalue weighted by atomic mass is 79.9. The first-order valence-electron chi connectivity index (χ1n) is 11.6. The molecule has 0 aromatic heterocycles. The van der Waals surface area contributed by atoms with Crippen molar-refractivity contribution in [1.82, 2.24) is 5.32 Å². The van der Waals surface area contributed by atoms with Crippen molar-refractivity contribution in [3.05, 3.63) is 85.8 Å². The summed E-state index contributed by atoms with van der Waals surface area (Å²) in [4.78, 5) is 52.0. The van der Waals surface area contributed by atoms with Gasteiger partial charge in [-0.15, -0.1) is 0 Å². The molecule has 39 heavy (non-hydrogen) atoms. The molecule has 1 aliphatic heterocycles. The number of carbonyl (C=O) groups is 4. The Kier molecular flexibility index (Phi) is 8.51. The zero-order chi connectivity index (χ0) is 28.3. The number of methoxy groups -OCH3 is 1. The predicted octanol–water partition coefficient (Wildman–Crippen LogP) is 5.52. The minimum Gasteiger partial charge on any atom is -0.497 e. The molecule has 2 N–H and O–H groups in total. The highest BCUT2D eigenvalue weighted by molar-refractivity contribution is 9.11. The molecule has 0 bridgehead atoms. The van der Waals surface area contributed by atoms with Gasteiger partial charge in [-0.2, -0.15) is 0 Å². The van der Waals surface area contributed by atoms with E-state index in [4.69, 9.17) is 9.47 Å². The van der Waals surface area contributed by atoms with Crippen molar-refractivity contribution in [3.63, 3.8) is 0 Å². The van der Waals surface area contributed by atoms with Crippen LogP contribution >= 0.6 is 31.9 Å². The van der Waals surface area contributed by atoms with Crippen molar-refractivity contribution in [2.75, 3.05) is 23.9 Å². The minimum atomic E-state index is -0.873. The molecule has 9 nitrogen and oxygen atoms in total. The molecule has 3 aromatic carbocycles. The molecule has 1 saturated heterocycles. The number of anilines is 2. The summed E-state index contributed by atoms with van der Waals surface area (Å²) in [6.07, 6.45) is 1.31. The maximum absolute atomic E-state index is 13.3. The second-order valence-corrected chi connectivity index (χ2v) is 10.4. The maximum atomic E-state index is 13.3. The molecule has 200 valence electrons. The molecule has 5 amide bonds. The van der Waals surface area contributed by atoms with E-state index in [2.05, 4.69) is 42.5 Å². The molecule has 11 heteroatoms. The molecule has 0 radical (unpaired) electrons. The van der Waals surface area contributed by atoms with Crippen molar-refractivity contribution in [3.8, 4) is 11.5 Å². The number of imide groups is 2. The van der Waals surface area contributed by atoms with Crippen molar-refractivity contribution in [2.24, 2.45) is 0 Å². The first-order chi connectivity index (χ1) is 18.6. The predicted molar refractivity (Wildman–Crippen MR) is 154 cm³/mol. The quantitative estimate of drug-likeness (QED) is 0.256. The second kappa shape index (κ2) is 11.8. The van der Waals surface area contributed by atoms with E-state index in [1.807, 2.05) is 26.0 Å². The van der Waals surface area contributed by atoms with Crippen LogP contribution in [0.5, 0.6) is 11.5 Å². The lowest BCUT2D eigenvalue weighted by Gasteiger charge is -2.26. The first kappa shape index (κ1) is 28.1. The highest BCUT2D eigenvalue weighted by Gasteiger charge is 2.37. The Hall–Kier alpha value is -3.96. The second-order valence-electron chi connectivity index (χ2n) is 8.60. The van der Waals surface area contributed by atoms with Crippen LogP contribution in [0.2, 0.25) is 0 Å². The van der Waals surface area contributed by atoms with Crippen LogP contribution < -0.4 is 25.0 Å². The van der Waals surface area contributed by atoms with Gasteiger partial charge in [0, 0.05) is 15.7 Å². The number of nitrogens with zero attached hydrogens (tertiary/aromatic N) is 1. The van der Waals surface area contributed by atoms with E-state index in [1.54, 1.807) is 30.3 Å². The Labute approximate surface area is 241 Å². The Morgan fingerprint density at radius 1 is 1.00 bits per heavy atom. The Morgan fingerprint density at radius 3 is 2.38 bits per heavy atom. The summed E-state index contributed by atoms with van der Waals surface area (Å²) in [5.41, 5.74) is 3.08. The molecule has 4 rings (SSSR count). The molecule has 0 spiro atoms. The van der Waals surface area contributed by atoms with E-state index in [9.17, 15) is 19.2 Å². The summed E-state index contributed by atoms with van der Waals surface area (Å²) in [6.45, 7) is 3.60. The van der Waals surface area contributed by atoms with Crippen LogP contribution in [-0.4, -0.2) is 37.5 Å². The Bertz CT molecular complexity index is 1520. The van der Waals surface area contributed by atoms with Gasteiger partial charge < -0.3 is 14.8 Å². The number of hydrogen-bond acceptors (Lipinski definition) is 6. The number of ether oxygens (including phenoxy) is 2. The van der Waals surface area contributed by atoms with Gasteiger partial charge in [0.15, 0.2) is 6.61 Å². The first-order valence-corrected chi connectivity index (χ1v) is 13.2. The number of benzene rings is 3. The van der Waals surface area contributed by atoms with Gasteiger partial charge in [-0.25, -0.2) is 9.69 Å². The van der Waals surface area contributed by atoms with E-state index in [-0.39, 0.29) is 23.6 Å². The van der Waals surface area contributed by atoms with E-state index < -0.39 is 23.8 Å². The van der Waals surface area contributed by atoms with Crippen LogP contribution in [0.15, 0.2) is 69.1 Å². The van der Waals surface area contributed by atoms with Crippen LogP contribution in [-0.2, 0) is 14.4 Å². The van der Waals surface area contributed by atoms with Crippen molar-refractivity contribution in [2.45, 2.75) is 13.8 Å². The lowest BCUT2D eigenvalue weighted by Crippen LogP contribution is -2.54. The van der Waals surface area contributed by atoms with E-state index in [1.165, 1.54) is 25.3 Å². The molecule has 1 aliphatic rings. The summed E-state index contributed by atoms with van der Waals surface area (Å²) in [5, 5.41) is 4.98. The largest absolute Gasteiger partial charge is 0.497 e. The number of rotatable bonds is 7. The van der Waals surface area contributed by atoms with Crippen LogP contribution in [0.3, 0.4) is 0 Å². The van der Waals surface area contributed by atoms with Gasteiger partial charge in [0.05, 0.1) is 17.3 Å². The van der Waals surface area contributed by atoms with Crippen molar-refractivity contribution in [1.29, 1.82) is 0 Å². The number of carbonyl (C=O) groups excluding carboxylic acids is 4. The average Bonchev–Trinajstić information content (AvgIpc) is 2.88. The van der Waals surface area contributed by atoms with Gasteiger partial charge >= 0.3 is 6.03 Å². The fourth-order valence-electron chi connectivity index (χ4n) is 3.77. The minimum absolute atomic E-state index is 0.231. The normalized spacial score (nSPS) is 14.3. The number of aryl methyl sites for hydroxylation is 2. The number of urea groups is 1. The summed E-state index contributed by atoms with van der Waals surface area (Å²) >= 11 is 6.82. The van der Waals surface area contributed by atoms with Crippen LogP contribution in [0.25, 0.3) is 6.08 Å². The number of hydrogen-bond donors (Lipinski definition) is 2. The zero-order valence-electron chi connectivity index (χ0n) is 21.1. The summed E-state index contributed by atoms with van der Waals surface area (Å²) in [6, 6.07) is 14.3. The molecule has 0 atom stereocenters.